The molecule has 1 amide bonds. The summed E-state index contributed by atoms with van der Waals surface area (Å²) in [4.78, 5) is 26.3. The van der Waals surface area contributed by atoms with Crippen molar-refractivity contribution in [3.63, 3.8) is 0 Å². The van der Waals surface area contributed by atoms with Gasteiger partial charge in [-0.1, -0.05) is 12.1 Å². The third-order valence-corrected chi connectivity index (χ3v) is 6.12. The first-order chi connectivity index (χ1) is 15.1. The van der Waals surface area contributed by atoms with Crippen molar-refractivity contribution in [2.75, 3.05) is 12.8 Å². The van der Waals surface area contributed by atoms with Gasteiger partial charge >= 0.3 is 0 Å². The quantitative estimate of drug-likeness (QED) is 0.419. The van der Waals surface area contributed by atoms with Gasteiger partial charge in [0.1, 0.15) is 11.3 Å². The molecule has 0 atom stereocenters. The lowest BCUT2D eigenvalue weighted by atomic mass is 10.1. The largest absolute Gasteiger partial charge is 0.356 e. The molecule has 2 heterocycles. The summed E-state index contributed by atoms with van der Waals surface area (Å²) in [6, 6.07) is 16.3. The van der Waals surface area contributed by atoms with Gasteiger partial charge < -0.3 is 14.3 Å². The zero-order valence-corrected chi connectivity index (χ0v) is 18.1. The van der Waals surface area contributed by atoms with Gasteiger partial charge in [0.25, 0.3) is 5.56 Å². The molecule has 0 saturated carbocycles. The lowest BCUT2D eigenvalue weighted by Gasteiger charge is -2.13. The maximum Gasteiger partial charge on any atom is 0.275 e. The van der Waals surface area contributed by atoms with Crippen LogP contribution in [0.4, 0.5) is 4.39 Å². The Morgan fingerprint density at radius 1 is 1.06 bits per heavy atom. The van der Waals surface area contributed by atoms with E-state index in [2.05, 4.69) is 29.6 Å². The second-order valence-electron chi connectivity index (χ2n) is 7.40. The monoisotopic (exact) mass is 437 g/mol. The molecule has 5 nitrogen and oxygen atoms in total. The van der Waals surface area contributed by atoms with Gasteiger partial charge in [-0.05, 0) is 67.1 Å². The predicted octanol–water partition coefficient (Wildman–Crippen LogP) is 4.25. The Kier molecular flexibility index (Phi) is 6.42. The van der Waals surface area contributed by atoms with Crippen LogP contribution in [0.3, 0.4) is 0 Å². The van der Waals surface area contributed by atoms with E-state index in [-0.39, 0.29) is 11.5 Å². The van der Waals surface area contributed by atoms with Crippen molar-refractivity contribution in [3.8, 4) is 0 Å². The molecule has 4 rings (SSSR count). The molecule has 160 valence electrons. The Balaban J connectivity index is 1.37. The zero-order valence-electron chi connectivity index (χ0n) is 17.3. The SMILES string of the molecule is CSc1ccc(CCNC(=O)CCCn2c(=O)c3cccn3c3ccc(F)cc32)cc1. The molecular weight excluding hydrogens is 413 g/mol. The van der Waals surface area contributed by atoms with Crippen LogP contribution in [-0.2, 0) is 17.8 Å². The topological polar surface area (TPSA) is 55.5 Å². The van der Waals surface area contributed by atoms with Crippen molar-refractivity contribution in [2.24, 2.45) is 0 Å². The van der Waals surface area contributed by atoms with Crippen LogP contribution in [0, 0.1) is 5.82 Å². The van der Waals surface area contributed by atoms with E-state index in [1.807, 2.05) is 6.26 Å². The number of nitrogens with zero attached hydrogens (tertiary/aromatic N) is 2. The molecule has 0 bridgehead atoms. The summed E-state index contributed by atoms with van der Waals surface area (Å²) >= 11 is 1.70. The minimum absolute atomic E-state index is 0.0481. The summed E-state index contributed by atoms with van der Waals surface area (Å²) in [6.07, 6.45) is 5.41. The number of aryl methyl sites for hydroxylation is 1. The number of thioether (sulfide) groups is 1. The number of hydrogen-bond donors (Lipinski definition) is 1. The molecule has 0 aliphatic rings. The number of nitrogens with one attached hydrogen (secondary N) is 1. The van der Waals surface area contributed by atoms with E-state index in [9.17, 15) is 14.0 Å². The highest BCUT2D eigenvalue weighted by Crippen LogP contribution is 2.17. The van der Waals surface area contributed by atoms with Crippen molar-refractivity contribution in [1.82, 2.24) is 14.3 Å². The molecular formula is C24H24FN3O2S. The van der Waals surface area contributed by atoms with E-state index in [0.29, 0.717) is 37.0 Å². The lowest BCUT2D eigenvalue weighted by molar-refractivity contribution is -0.121. The molecule has 0 saturated heterocycles. The minimum Gasteiger partial charge on any atom is -0.356 e. The highest BCUT2D eigenvalue weighted by atomic mass is 32.2. The van der Waals surface area contributed by atoms with Crippen LogP contribution in [0.5, 0.6) is 0 Å². The molecule has 0 unspecified atom stereocenters. The highest BCUT2D eigenvalue weighted by Gasteiger charge is 2.12. The van der Waals surface area contributed by atoms with Gasteiger partial charge in [0, 0.05) is 30.6 Å². The van der Waals surface area contributed by atoms with Crippen LogP contribution in [0.2, 0.25) is 0 Å². The van der Waals surface area contributed by atoms with E-state index >= 15 is 0 Å². The van der Waals surface area contributed by atoms with Crippen LogP contribution in [0.1, 0.15) is 18.4 Å². The number of hydrogen-bond acceptors (Lipinski definition) is 3. The first kappa shape index (κ1) is 21.2. The van der Waals surface area contributed by atoms with Crippen LogP contribution >= 0.6 is 11.8 Å². The summed E-state index contributed by atoms with van der Waals surface area (Å²) in [5, 5.41) is 2.94. The summed E-state index contributed by atoms with van der Waals surface area (Å²) in [6.45, 7) is 0.922. The van der Waals surface area contributed by atoms with Gasteiger partial charge in [-0.2, -0.15) is 0 Å². The number of carbonyl (C=O) groups is 1. The number of rotatable bonds is 8. The fourth-order valence-corrected chi connectivity index (χ4v) is 4.18. The van der Waals surface area contributed by atoms with Crippen LogP contribution < -0.4 is 10.9 Å². The average molecular weight is 438 g/mol. The van der Waals surface area contributed by atoms with E-state index < -0.39 is 5.82 Å². The van der Waals surface area contributed by atoms with Gasteiger partial charge in [-0.15, -0.1) is 11.8 Å². The number of benzene rings is 2. The third-order valence-electron chi connectivity index (χ3n) is 5.38. The van der Waals surface area contributed by atoms with Gasteiger partial charge in [0.15, 0.2) is 0 Å². The zero-order chi connectivity index (χ0) is 21.8. The molecule has 7 heteroatoms. The van der Waals surface area contributed by atoms with Crippen molar-refractivity contribution in [2.45, 2.75) is 30.7 Å². The Bertz CT molecular complexity index is 1280. The number of amides is 1. The predicted molar refractivity (Wildman–Crippen MR) is 123 cm³/mol. The fraction of sp³-hybridized carbons (Fsp3) is 0.250. The molecule has 0 aliphatic carbocycles. The smallest absolute Gasteiger partial charge is 0.275 e. The summed E-state index contributed by atoms with van der Waals surface area (Å²) in [5.74, 6) is -0.441. The molecule has 0 fully saturated rings. The lowest BCUT2D eigenvalue weighted by Crippen LogP contribution is -2.27. The van der Waals surface area contributed by atoms with Gasteiger partial charge in [-0.25, -0.2) is 4.39 Å². The summed E-state index contributed by atoms with van der Waals surface area (Å²) < 4.78 is 17.2. The second-order valence-corrected chi connectivity index (χ2v) is 8.28. The summed E-state index contributed by atoms with van der Waals surface area (Å²) in [5.41, 5.74) is 2.83. The second kappa shape index (κ2) is 9.39. The van der Waals surface area contributed by atoms with E-state index in [4.69, 9.17) is 0 Å². The molecule has 0 radical (unpaired) electrons. The van der Waals surface area contributed by atoms with Crippen molar-refractivity contribution >= 4 is 34.2 Å². The number of fused-ring (bicyclic) bond motifs is 3. The molecule has 2 aromatic carbocycles. The Hall–Kier alpha value is -3.06. The van der Waals surface area contributed by atoms with E-state index in [0.717, 1.165) is 11.9 Å². The Morgan fingerprint density at radius 2 is 1.87 bits per heavy atom. The van der Waals surface area contributed by atoms with Crippen molar-refractivity contribution in [3.05, 3.63) is 82.5 Å². The van der Waals surface area contributed by atoms with Crippen molar-refractivity contribution in [1.29, 1.82) is 0 Å². The maximum atomic E-state index is 13.9. The Morgan fingerprint density at radius 3 is 2.65 bits per heavy atom. The van der Waals surface area contributed by atoms with Crippen LogP contribution in [0.15, 0.2) is 70.5 Å². The van der Waals surface area contributed by atoms with Gasteiger partial charge in [0.05, 0.1) is 11.0 Å². The highest BCUT2D eigenvalue weighted by molar-refractivity contribution is 7.98. The Labute approximate surface area is 183 Å². The number of aromatic nitrogens is 2. The van der Waals surface area contributed by atoms with Crippen molar-refractivity contribution < 1.29 is 9.18 Å². The van der Waals surface area contributed by atoms with Crippen LogP contribution in [-0.4, -0.2) is 27.7 Å². The maximum absolute atomic E-state index is 13.9. The first-order valence-corrected chi connectivity index (χ1v) is 11.5. The molecule has 1 N–H and O–H groups in total. The molecule has 0 aliphatic heterocycles. The third kappa shape index (κ3) is 4.66. The first-order valence-electron chi connectivity index (χ1n) is 10.3. The summed E-state index contributed by atoms with van der Waals surface area (Å²) in [7, 11) is 0. The van der Waals surface area contributed by atoms with E-state index in [1.165, 1.54) is 22.6 Å². The fourth-order valence-electron chi connectivity index (χ4n) is 3.78. The van der Waals surface area contributed by atoms with Gasteiger partial charge in [-0.3, -0.25) is 9.59 Å². The molecule has 2 aromatic heterocycles. The average Bonchev–Trinajstić information content (AvgIpc) is 3.27. The molecule has 31 heavy (non-hydrogen) atoms. The van der Waals surface area contributed by atoms with Crippen LogP contribution in [0.25, 0.3) is 16.6 Å². The number of halogens is 1. The van der Waals surface area contributed by atoms with Gasteiger partial charge in [0.2, 0.25) is 5.91 Å². The van der Waals surface area contributed by atoms with E-state index in [1.54, 1.807) is 45.1 Å². The molecule has 4 aromatic rings. The minimum atomic E-state index is -0.393. The standard InChI is InChI=1S/C24H24FN3O2S/c1-31-19-9-6-17(7-10-19)12-13-26-23(29)5-3-15-28-22-16-18(25)8-11-20(22)27-14-2-4-21(27)24(28)30/h2,4,6-11,14,16H,3,5,12-13,15H2,1H3,(H,26,29). The number of carbonyl (C=O) groups excluding carboxylic acids is 1. The molecule has 0 spiro atoms. The normalized spacial score (nSPS) is 11.3.